The topological polar surface area (TPSA) is 105 Å². The predicted octanol–water partition coefficient (Wildman–Crippen LogP) is 15.1. The van der Waals surface area contributed by atoms with Gasteiger partial charge in [-0.05, 0) is 64.2 Å². The highest BCUT2D eigenvalue weighted by atomic mass is 31.2. The number of likely N-dealkylation sites (N-methyl/N-ethyl adjacent to an activating group) is 1. The van der Waals surface area contributed by atoms with Gasteiger partial charge in [0, 0.05) is 6.42 Å². The smallest absolute Gasteiger partial charge is 0.391 e. The minimum Gasteiger partial charge on any atom is -0.391 e. The van der Waals surface area contributed by atoms with E-state index in [9.17, 15) is 19.4 Å². The highest BCUT2D eigenvalue weighted by Gasteiger charge is 2.28. The number of carbonyl (C=O) groups excluding carboxylic acids is 1. The molecule has 0 saturated heterocycles. The third kappa shape index (κ3) is 47.7. The van der Waals surface area contributed by atoms with Crippen molar-refractivity contribution in [2.75, 3.05) is 40.9 Å². The van der Waals surface area contributed by atoms with E-state index in [2.05, 4.69) is 92.1 Å². The van der Waals surface area contributed by atoms with E-state index in [0.717, 1.165) is 83.5 Å². The number of aliphatic hydroxyl groups excluding tert-OH is 1. The molecular weight excluding hydrogens is 804 g/mol. The van der Waals surface area contributed by atoms with Crippen molar-refractivity contribution < 1.29 is 32.9 Å². The third-order valence-electron chi connectivity index (χ3n) is 11.2. The lowest BCUT2D eigenvalue weighted by molar-refractivity contribution is -0.870. The molecule has 366 valence electrons. The van der Waals surface area contributed by atoms with Gasteiger partial charge in [-0.1, -0.05) is 215 Å². The van der Waals surface area contributed by atoms with Crippen molar-refractivity contribution in [1.82, 2.24) is 5.32 Å². The van der Waals surface area contributed by atoms with Crippen molar-refractivity contribution in [2.45, 2.75) is 225 Å². The van der Waals surface area contributed by atoms with Crippen molar-refractivity contribution in [3.63, 3.8) is 0 Å². The fourth-order valence-corrected chi connectivity index (χ4v) is 7.90. The molecule has 0 saturated carbocycles. The summed E-state index contributed by atoms with van der Waals surface area (Å²) >= 11 is 0. The van der Waals surface area contributed by atoms with Gasteiger partial charge in [-0.15, -0.1) is 0 Å². The van der Waals surface area contributed by atoms with Gasteiger partial charge in [0.15, 0.2) is 0 Å². The first-order valence-corrected chi connectivity index (χ1v) is 27.3. The molecular formula is C54H100N2O6P+. The van der Waals surface area contributed by atoms with E-state index in [4.69, 9.17) is 9.05 Å². The number of aliphatic hydroxyl groups is 1. The molecule has 0 aliphatic rings. The maximum atomic E-state index is 12.9. The first-order valence-electron chi connectivity index (χ1n) is 25.8. The number of nitrogens with zero attached hydrogens (tertiary/aromatic N) is 1. The summed E-state index contributed by atoms with van der Waals surface area (Å²) in [6, 6.07) is -0.769. The SMILES string of the molecule is CC/C=C\C/C=C\C/C=C\C/C=C\C/C=C\C/C=C\CCCCCCCCCCC(=O)NC(COP(=O)(O)OCC[N+](C)(C)C)C(O)CCCCCCCCCCCCCCCC. The van der Waals surface area contributed by atoms with Gasteiger partial charge in [0.05, 0.1) is 39.9 Å². The molecule has 0 aromatic heterocycles. The Labute approximate surface area is 389 Å². The number of carbonyl (C=O) groups is 1. The Morgan fingerprint density at radius 2 is 0.952 bits per heavy atom. The number of phosphoric acid groups is 1. The molecule has 0 aliphatic carbocycles. The van der Waals surface area contributed by atoms with E-state index in [1.807, 2.05) is 21.1 Å². The van der Waals surface area contributed by atoms with Crippen LogP contribution >= 0.6 is 7.82 Å². The quantitative estimate of drug-likeness (QED) is 0.0243. The molecule has 0 aliphatic heterocycles. The predicted molar refractivity (Wildman–Crippen MR) is 272 cm³/mol. The Hall–Kier alpha value is -2.06. The largest absolute Gasteiger partial charge is 0.472 e. The van der Waals surface area contributed by atoms with E-state index in [1.165, 1.54) is 103 Å². The minimum absolute atomic E-state index is 0.0697. The molecule has 0 heterocycles. The molecule has 0 spiro atoms. The van der Waals surface area contributed by atoms with Gasteiger partial charge in [-0.2, -0.15) is 0 Å². The van der Waals surface area contributed by atoms with Crippen molar-refractivity contribution in [2.24, 2.45) is 0 Å². The van der Waals surface area contributed by atoms with Crippen LogP contribution in [0.5, 0.6) is 0 Å². The Balaban J connectivity index is 4.24. The second kappa shape index (κ2) is 45.1. The summed E-state index contributed by atoms with van der Waals surface area (Å²) in [6.07, 6.45) is 60.8. The lowest BCUT2D eigenvalue weighted by Gasteiger charge is -2.26. The average Bonchev–Trinajstić information content (AvgIpc) is 3.24. The van der Waals surface area contributed by atoms with Crippen LogP contribution in [0.1, 0.15) is 213 Å². The van der Waals surface area contributed by atoms with Crippen molar-refractivity contribution in [3.8, 4) is 0 Å². The lowest BCUT2D eigenvalue weighted by Crippen LogP contribution is -2.46. The van der Waals surface area contributed by atoms with Crippen LogP contribution in [0.2, 0.25) is 0 Å². The molecule has 63 heavy (non-hydrogen) atoms. The maximum absolute atomic E-state index is 12.9. The number of nitrogens with one attached hydrogen (secondary N) is 1. The van der Waals surface area contributed by atoms with Crippen LogP contribution in [0.25, 0.3) is 0 Å². The molecule has 3 unspecified atom stereocenters. The number of unbranched alkanes of at least 4 members (excludes halogenated alkanes) is 21. The molecule has 1 amide bonds. The molecule has 8 nitrogen and oxygen atoms in total. The fraction of sp³-hybridized carbons (Fsp3) is 0.759. The second-order valence-corrected chi connectivity index (χ2v) is 20.0. The van der Waals surface area contributed by atoms with Gasteiger partial charge in [-0.25, -0.2) is 4.57 Å². The van der Waals surface area contributed by atoms with Gasteiger partial charge in [-0.3, -0.25) is 13.8 Å². The summed E-state index contributed by atoms with van der Waals surface area (Å²) in [7, 11) is 1.60. The van der Waals surface area contributed by atoms with Crippen molar-refractivity contribution in [1.29, 1.82) is 0 Å². The molecule has 0 aromatic carbocycles. The summed E-state index contributed by atoms with van der Waals surface area (Å²) in [5.41, 5.74) is 0. The zero-order valence-electron chi connectivity index (χ0n) is 41.5. The fourth-order valence-electron chi connectivity index (χ4n) is 7.17. The first kappa shape index (κ1) is 60.9. The highest BCUT2D eigenvalue weighted by molar-refractivity contribution is 7.47. The van der Waals surface area contributed by atoms with Crippen LogP contribution in [0.4, 0.5) is 0 Å². The third-order valence-corrected chi connectivity index (χ3v) is 12.2. The number of rotatable bonds is 46. The number of amides is 1. The molecule has 0 rings (SSSR count). The Bertz CT molecular complexity index is 1250. The number of phosphoric ester groups is 1. The highest BCUT2D eigenvalue weighted by Crippen LogP contribution is 2.43. The summed E-state index contributed by atoms with van der Waals surface area (Å²) < 4.78 is 23.7. The maximum Gasteiger partial charge on any atom is 0.472 e. The molecule has 0 aromatic rings. The zero-order chi connectivity index (χ0) is 46.4. The standard InChI is InChI=1S/C54H99N2O6P/c1-6-8-10-12-14-16-18-20-22-23-24-25-26-27-28-29-30-31-32-33-34-36-38-40-42-44-46-48-54(58)55-52(51-62-63(59,60)61-50-49-56(3,4)5)53(57)47-45-43-41-39-37-35-21-19-17-15-13-11-9-7-2/h8,10,14,16,20,22,24-25,27-28,30-31,52-53,57H,6-7,9,11-13,15,17-19,21,23,26,29,32-51H2,1-5H3,(H-,55,58,59,60)/p+1/b10-8-,16-14-,22-20-,25-24-,28-27-,31-30-. The van der Waals surface area contributed by atoms with Gasteiger partial charge >= 0.3 is 7.82 Å². The van der Waals surface area contributed by atoms with Gasteiger partial charge in [0.25, 0.3) is 0 Å². The van der Waals surface area contributed by atoms with E-state index >= 15 is 0 Å². The van der Waals surface area contributed by atoms with Crippen LogP contribution in [-0.4, -0.2) is 73.4 Å². The van der Waals surface area contributed by atoms with Crippen LogP contribution in [-0.2, 0) is 18.4 Å². The minimum atomic E-state index is -4.32. The van der Waals surface area contributed by atoms with Gasteiger partial charge < -0.3 is 19.8 Å². The number of quaternary nitrogens is 1. The Morgan fingerprint density at radius 1 is 0.556 bits per heavy atom. The van der Waals surface area contributed by atoms with Crippen LogP contribution in [0.3, 0.4) is 0 Å². The average molecular weight is 904 g/mol. The van der Waals surface area contributed by atoms with Crippen molar-refractivity contribution in [3.05, 3.63) is 72.9 Å². The van der Waals surface area contributed by atoms with Crippen molar-refractivity contribution >= 4 is 13.7 Å². The van der Waals surface area contributed by atoms with Crippen LogP contribution < -0.4 is 5.32 Å². The number of hydrogen-bond donors (Lipinski definition) is 3. The monoisotopic (exact) mass is 904 g/mol. The normalized spacial score (nSPS) is 14.7. The summed E-state index contributed by atoms with van der Waals surface area (Å²) in [4.78, 5) is 23.2. The van der Waals surface area contributed by atoms with E-state index in [0.29, 0.717) is 23.9 Å². The van der Waals surface area contributed by atoms with E-state index < -0.39 is 20.0 Å². The molecule has 9 heteroatoms. The molecule has 0 bridgehead atoms. The summed E-state index contributed by atoms with van der Waals surface area (Å²) in [5.74, 6) is -0.156. The second-order valence-electron chi connectivity index (χ2n) is 18.5. The molecule has 3 N–H and O–H groups in total. The Kier molecular flexibility index (Phi) is 43.6. The number of allylic oxidation sites excluding steroid dienone is 12. The number of hydrogen-bond acceptors (Lipinski definition) is 5. The molecule has 0 radical (unpaired) electrons. The first-order chi connectivity index (χ1) is 30.5. The zero-order valence-corrected chi connectivity index (χ0v) is 42.4. The Morgan fingerprint density at radius 3 is 1.40 bits per heavy atom. The van der Waals surface area contributed by atoms with Crippen LogP contribution in [0, 0.1) is 0 Å². The molecule has 3 atom stereocenters. The summed E-state index contributed by atoms with van der Waals surface area (Å²) in [5, 5.41) is 14.0. The van der Waals surface area contributed by atoms with E-state index in [-0.39, 0.29) is 19.1 Å². The van der Waals surface area contributed by atoms with Crippen LogP contribution in [0.15, 0.2) is 72.9 Å². The summed E-state index contributed by atoms with van der Waals surface area (Å²) in [6.45, 7) is 4.76. The lowest BCUT2D eigenvalue weighted by atomic mass is 10.0. The molecule has 0 fully saturated rings. The van der Waals surface area contributed by atoms with Gasteiger partial charge in [0.2, 0.25) is 5.91 Å². The van der Waals surface area contributed by atoms with Gasteiger partial charge in [0.1, 0.15) is 13.2 Å². The van der Waals surface area contributed by atoms with E-state index in [1.54, 1.807) is 0 Å².